The van der Waals surface area contributed by atoms with Crippen molar-refractivity contribution < 1.29 is 0 Å². The van der Waals surface area contributed by atoms with Gasteiger partial charge in [-0.3, -0.25) is 4.99 Å². The summed E-state index contributed by atoms with van der Waals surface area (Å²) < 4.78 is 0. The van der Waals surface area contributed by atoms with E-state index in [1.807, 2.05) is 0 Å². The van der Waals surface area contributed by atoms with Crippen LogP contribution in [-0.4, -0.2) is 30.4 Å². The summed E-state index contributed by atoms with van der Waals surface area (Å²) >= 11 is 0. The van der Waals surface area contributed by atoms with Gasteiger partial charge in [0.2, 0.25) is 0 Å². The van der Waals surface area contributed by atoms with Gasteiger partial charge in [-0.25, -0.2) is 0 Å². The van der Waals surface area contributed by atoms with Gasteiger partial charge in [-0.15, -0.1) is 0 Å². The molecule has 0 N–H and O–H groups in total. The fourth-order valence-corrected chi connectivity index (χ4v) is 3.52. The van der Waals surface area contributed by atoms with E-state index >= 15 is 0 Å². The van der Waals surface area contributed by atoms with Crippen molar-refractivity contribution in [2.75, 3.05) is 19.6 Å². The zero-order chi connectivity index (χ0) is 16.9. The van der Waals surface area contributed by atoms with Crippen LogP contribution in [0, 0.1) is 0 Å². The molecule has 0 bridgehead atoms. The lowest BCUT2D eigenvalue weighted by Crippen LogP contribution is -2.37. The monoisotopic (exact) mass is 328 g/mol. The first kappa shape index (κ1) is 19.0. The number of amidine groups is 1. The van der Waals surface area contributed by atoms with Crippen molar-refractivity contribution in [3.63, 3.8) is 0 Å². The van der Waals surface area contributed by atoms with Crippen LogP contribution in [0.15, 0.2) is 35.3 Å². The molecular weight excluding hydrogens is 292 g/mol. The summed E-state index contributed by atoms with van der Waals surface area (Å²) in [5, 5.41) is 0. The van der Waals surface area contributed by atoms with Crippen molar-refractivity contribution in [3.8, 4) is 0 Å². The van der Waals surface area contributed by atoms with Crippen LogP contribution < -0.4 is 0 Å². The van der Waals surface area contributed by atoms with Crippen molar-refractivity contribution in [1.29, 1.82) is 0 Å². The minimum absolute atomic E-state index is 0.985. The van der Waals surface area contributed by atoms with Crippen LogP contribution in [-0.2, 0) is 0 Å². The average Bonchev–Trinajstić information content (AvgIpc) is 2.64. The van der Waals surface area contributed by atoms with Gasteiger partial charge in [0, 0.05) is 25.2 Å². The van der Waals surface area contributed by atoms with Gasteiger partial charge in [0.05, 0.1) is 0 Å². The Labute approximate surface area is 149 Å². The smallest absolute Gasteiger partial charge is 0.130 e. The molecule has 134 valence electrons. The Morgan fingerprint density at radius 3 is 2.12 bits per heavy atom. The molecule has 1 aromatic carbocycles. The average molecular weight is 329 g/mol. The van der Waals surface area contributed by atoms with Gasteiger partial charge in [0.25, 0.3) is 0 Å². The molecule has 0 aromatic heterocycles. The molecule has 0 fully saturated rings. The van der Waals surface area contributed by atoms with Gasteiger partial charge >= 0.3 is 0 Å². The Morgan fingerprint density at radius 2 is 1.46 bits per heavy atom. The quantitative estimate of drug-likeness (QED) is 0.426. The van der Waals surface area contributed by atoms with Crippen molar-refractivity contribution in [2.45, 2.75) is 77.6 Å². The van der Waals surface area contributed by atoms with Gasteiger partial charge < -0.3 is 4.90 Å². The van der Waals surface area contributed by atoms with Gasteiger partial charge in [-0.2, -0.15) is 0 Å². The summed E-state index contributed by atoms with van der Waals surface area (Å²) in [5.41, 5.74) is 1.28. The molecule has 0 spiro atoms. The molecule has 1 aromatic rings. The van der Waals surface area contributed by atoms with E-state index in [4.69, 9.17) is 4.99 Å². The van der Waals surface area contributed by atoms with Crippen LogP contribution in [0.5, 0.6) is 0 Å². The second-order valence-electron chi connectivity index (χ2n) is 7.09. The van der Waals surface area contributed by atoms with Crippen LogP contribution in [0.2, 0.25) is 0 Å². The zero-order valence-corrected chi connectivity index (χ0v) is 15.7. The molecule has 1 aliphatic rings. The van der Waals surface area contributed by atoms with Crippen LogP contribution in [0.1, 0.15) is 83.1 Å². The fourth-order valence-electron chi connectivity index (χ4n) is 3.52. The minimum atomic E-state index is 0.985. The number of unbranched alkanes of at least 4 members (excludes halogenated alkanes) is 9. The normalized spacial score (nSPS) is 14.7. The Hall–Kier alpha value is -1.31. The molecule has 0 atom stereocenters. The topological polar surface area (TPSA) is 15.6 Å². The first-order valence-electron chi connectivity index (χ1n) is 10.3. The molecule has 1 aliphatic heterocycles. The summed E-state index contributed by atoms with van der Waals surface area (Å²) in [6.07, 6.45) is 15.2. The molecule has 0 unspecified atom stereocenters. The molecule has 0 amide bonds. The van der Waals surface area contributed by atoms with E-state index in [1.165, 1.54) is 95.1 Å². The van der Waals surface area contributed by atoms with Gasteiger partial charge in [0.15, 0.2) is 0 Å². The third-order valence-electron chi connectivity index (χ3n) is 4.96. The fraction of sp³-hybridized carbons (Fsp3) is 0.682. The predicted octanol–water partition coefficient (Wildman–Crippen LogP) is 6.06. The summed E-state index contributed by atoms with van der Waals surface area (Å²) in [5.74, 6) is 1.22. The van der Waals surface area contributed by atoms with Crippen molar-refractivity contribution >= 4 is 5.84 Å². The van der Waals surface area contributed by atoms with Crippen LogP contribution in [0.3, 0.4) is 0 Å². The molecular formula is C22H36N2. The van der Waals surface area contributed by atoms with Crippen molar-refractivity contribution in [1.82, 2.24) is 4.90 Å². The maximum absolute atomic E-state index is 4.79. The lowest BCUT2D eigenvalue weighted by Gasteiger charge is -2.29. The molecule has 2 nitrogen and oxygen atoms in total. The number of rotatable bonds is 12. The maximum atomic E-state index is 4.79. The van der Waals surface area contributed by atoms with Crippen molar-refractivity contribution in [2.24, 2.45) is 4.99 Å². The first-order chi connectivity index (χ1) is 11.9. The van der Waals surface area contributed by atoms with E-state index in [0.29, 0.717) is 0 Å². The number of benzene rings is 1. The number of hydrogen-bond donors (Lipinski definition) is 0. The Bertz CT molecular complexity index is 452. The number of aliphatic imine (C=N–C) groups is 1. The third kappa shape index (κ3) is 7.07. The predicted molar refractivity (Wildman–Crippen MR) is 106 cm³/mol. The summed E-state index contributed by atoms with van der Waals surface area (Å²) in [6.45, 7) is 5.62. The Morgan fingerprint density at radius 1 is 0.833 bits per heavy atom. The highest BCUT2D eigenvalue weighted by atomic mass is 15.2. The Balaban J connectivity index is 1.58. The zero-order valence-electron chi connectivity index (χ0n) is 15.7. The third-order valence-corrected chi connectivity index (χ3v) is 4.96. The molecule has 24 heavy (non-hydrogen) atoms. The molecule has 1 heterocycles. The second-order valence-corrected chi connectivity index (χ2v) is 7.09. The van der Waals surface area contributed by atoms with Gasteiger partial charge in [0.1, 0.15) is 5.84 Å². The standard InChI is InChI=1S/C22H36N2/c1-2-3-4-5-6-7-8-9-10-14-19-24-20-15-18-23-22(24)21-16-12-11-13-17-21/h11-13,16-17H,2-10,14-15,18-20H2,1H3. The van der Waals surface area contributed by atoms with Crippen molar-refractivity contribution in [3.05, 3.63) is 35.9 Å². The summed E-state index contributed by atoms with van der Waals surface area (Å²) in [4.78, 5) is 7.29. The SMILES string of the molecule is CCCCCCCCCCCCN1CCCN=C1c1ccccc1. The van der Waals surface area contributed by atoms with Crippen LogP contribution in [0.4, 0.5) is 0 Å². The molecule has 0 aliphatic carbocycles. The van der Waals surface area contributed by atoms with E-state index < -0.39 is 0 Å². The first-order valence-corrected chi connectivity index (χ1v) is 10.3. The number of nitrogens with zero attached hydrogens (tertiary/aromatic N) is 2. The molecule has 0 radical (unpaired) electrons. The summed E-state index contributed by atoms with van der Waals surface area (Å²) in [7, 11) is 0. The van der Waals surface area contributed by atoms with Gasteiger partial charge in [-0.05, 0) is 12.8 Å². The van der Waals surface area contributed by atoms with E-state index in [2.05, 4.69) is 42.2 Å². The second kappa shape index (κ2) is 12.1. The highest BCUT2D eigenvalue weighted by Crippen LogP contribution is 2.14. The molecule has 0 saturated carbocycles. The molecule has 0 saturated heterocycles. The van der Waals surface area contributed by atoms with E-state index in [0.717, 1.165) is 6.54 Å². The van der Waals surface area contributed by atoms with Crippen LogP contribution >= 0.6 is 0 Å². The van der Waals surface area contributed by atoms with Crippen LogP contribution in [0.25, 0.3) is 0 Å². The van der Waals surface area contributed by atoms with Gasteiger partial charge in [-0.1, -0.05) is 95.0 Å². The highest BCUT2D eigenvalue weighted by molar-refractivity contribution is 5.99. The van der Waals surface area contributed by atoms with E-state index in [1.54, 1.807) is 0 Å². The van der Waals surface area contributed by atoms with E-state index in [9.17, 15) is 0 Å². The maximum Gasteiger partial charge on any atom is 0.130 e. The highest BCUT2D eigenvalue weighted by Gasteiger charge is 2.16. The molecule has 2 rings (SSSR count). The lowest BCUT2D eigenvalue weighted by molar-refractivity contribution is 0.379. The lowest BCUT2D eigenvalue weighted by atomic mass is 10.1. The molecule has 2 heteroatoms. The largest absolute Gasteiger partial charge is 0.356 e. The van der Waals surface area contributed by atoms with E-state index in [-0.39, 0.29) is 0 Å². The summed E-state index contributed by atoms with van der Waals surface area (Å²) in [6, 6.07) is 10.7. The minimum Gasteiger partial charge on any atom is -0.356 e. The number of hydrogen-bond acceptors (Lipinski definition) is 2. The Kier molecular flexibility index (Phi) is 9.60.